The van der Waals surface area contributed by atoms with Crippen LogP contribution in [0.15, 0.2) is 29.2 Å². The molecule has 1 aromatic carbocycles. The van der Waals surface area contributed by atoms with E-state index in [1.807, 2.05) is 19.1 Å². The zero-order chi connectivity index (χ0) is 12.7. The molecule has 0 unspecified atom stereocenters. The molecule has 0 saturated carbocycles. The Hall–Kier alpha value is -1.60. The first kappa shape index (κ1) is 13.5. The molecule has 0 radical (unpaired) electrons. The molecule has 4 heteroatoms. The predicted molar refractivity (Wildman–Crippen MR) is 66.6 cm³/mol. The summed E-state index contributed by atoms with van der Waals surface area (Å²) in [4.78, 5) is 11.2. The molecule has 0 aliphatic heterocycles. The molecule has 17 heavy (non-hydrogen) atoms. The van der Waals surface area contributed by atoms with Crippen molar-refractivity contribution in [3.8, 4) is 11.2 Å². The van der Waals surface area contributed by atoms with E-state index in [0.717, 1.165) is 5.56 Å². The van der Waals surface area contributed by atoms with Gasteiger partial charge in [0.05, 0.1) is 4.90 Å². The average molecular weight is 250 g/mol. The standard InChI is InChI=1S/C13H14O3S/c1-11-5-7-13(8-6-11)17(15)10-4-3-9-16-12(2)14/h5-8H,3,9H2,1-2H3/t17-/m1/s1. The second-order valence-electron chi connectivity index (χ2n) is 3.45. The first-order chi connectivity index (χ1) is 8.09. The molecular formula is C13H14O3S. The second kappa shape index (κ2) is 6.87. The largest absolute Gasteiger partial charge is 0.465 e. The SMILES string of the molecule is CC(=O)OCCC#C[S@@](=O)c1ccc(C)cc1. The first-order valence-electron chi connectivity index (χ1n) is 5.20. The predicted octanol–water partition coefficient (Wildman–Crippen LogP) is 2.02. The van der Waals surface area contributed by atoms with Crippen LogP contribution in [-0.2, 0) is 20.3 Å². The van der Waals surface area contributed by atoms with Gasteiger partial charge in [0, 0.05) is 18.6 Å². The molecule has 0 amide bonds. The van der Waals surface area contributed by atoms with Gasteiger partial charge in [-0.1, -0.05) is 23.6 Å². The zero-order valence-electron chi connectivity index (χ0n) is 9.86. The Labute approximate surface area is 104 Å². The minimum absolute atomic E-state index is 0.243. The highest BCUT2D eigenvalue weighted by atomic mass is 32.2. The van der Waals surface area contributed by atoms with Crippen molar-refractivity contribution in [2.75, 3.05) is 6.61 Å². The maximum Gasteiger partial charge on any atom is 0.302 e. The van der Waals surface area contributed by atoms with Crippen molar-refractivity contribution in [3.05, 3.63) is 29.8 Å². The number of esters is 1. The van der Waals surface area contributed by atoms with Crippen LogP contribution in [0.2, 0.25) is 0 Å². The van der Waals surface area contributed by atoms with Gasteiger partial charge in [0.1, 0.15) is 17.4 Å². The minimum atomic E-state index is -1.31. The fourth-order valence-corrected chi connectivity index (χ4v) is 1.82. The van der Waals surface area contributed by atoms with Crippen molar-refractivity contribution >= 4 is 16.8 Å². The van der Waals surface area contributed by atoms with Crippen molar-refractivity contribution in [1.82, 2.24) is 0 Å². The number of hydrogen-bond donors (Lipinski definition) is 0. The Kier molecular flexibility index (Phi) is 5.44. The molecule has 90 valence electrons. The van der Waals surface area contributed by atoms with Crippen molar-refractivity contribution in [2.24, 2.45) is 0 Å². The average Bonchev–Trinajstić information content (AvgIpc) is 2.29. The molecule has 0 aliphatic rings. The van der Waals surface area contributed by atoms with Gasteiger partial charge in [0.2, 0.25) is 0 Å². The lowest BCUT2D eigenvalue weighted by atomic mass is 10.2. The lowest BCUT2D eigenvalue weighted by Gasteiger charge is -1.96. The molecule has 0 heterocycles. The quantitative estimate of drug-likeness (QED) is 0.468. The zero-order valence-corrected chi connectivity index (χ0v) is 10.7. The Morgan fingerprint density at radius 1 is 1.35 bits per heavy atom. The van der Waals surface area contributed by atoms with Crippen LogP contribution in [0.1, 0.15) is 18.9 Å². The van der Waals surface area contributed by atoms with Gasteiger partial charge < -0.3 is 4.74 Å². The van der Waals surface area contributed by atoms with E-state index in [9.17, 15) is 9.00 Å². The number of carbonyl (C=O) groups excluding carboxylic acids is 1. The van der Waals surface area contributed by atoms with Crippen LogP contribution in [0, 0.1) is 18.1 Å². The Morgan fingerprint density at radius 2 is 2.00 bits per heavy atom. The van der Waals surface area contributed by atoms with Crippen molar-refractivity contribution < 1.29 is 13.7 Å². The van der Waals surface area contributed by atoms with E-state index in [0.29, 0.717) is 11.3 Å². The molecule has 1 atom stereocenters. The Morgan fingerprint density at radius 3 is 2.59 bits per heavy atom. The van der Waals surface area contributed by atoms with Gasteiger partial charge in [-0.05, 0) is 19.1 Å². The molecule has 0 aliphatic carbocycles. The van der Waals surface area contributed by atoms with E-state index in [2.05, 4.69) is 11.2 Å². The first-order valence-corrected chi connectivity index (χ1v) is 6.35. The van der Waals surface area contributed by atoms with E-state index in [-0.39, 0.29) is 12.6 Å². The molecule has 0 fully saturated rings. The van der Waals surface area contributed by atoms with E-state index >= 15 is 0 Å². The van der Waals surface area contributed by atoms with Gasteiger partial charge in [-0.2, -0.15) is 0 Å². The number of hydrogen-bond acceptors (Lipinski definition) is 3. The van der Waals surface area contributed by atoms with Crippen molar-refractivity contribution in [1.29, 1.82) is 0 Å². The molecule has 0 saturated heterocycles. The summed E-state index contributed by atoms with van der Waals surface area (Å²) in [6, 6.07) is 7.39. The van der Waals surface area contributed by atoms with Crippen LogP contribution in [0.25, 0.3) is 0 Å². The molecule has 3 nitrogen and oxygen atoms in total. The number of ether oxygens (including phenoxy) is 1. The highest BCUT2D eigenvalue weighted by molar-refractivity contribution is 7.89. The van der Waals surface area contributed by atoms with E-state index in [4.69, 9.17) is 4.74 Å². The van der Waals surface area contributed by atoms with Gasteiger partial charge in [-0.3, -0.25) is 4.79 Å². The molecule has 0 N–H and O–H groups in total. The molecule has 1 aromatic rings. The van der Waals surface area contributed by atoms with Gasteiger partial charge in [-0.25, -0.2) is 4.21 Å². The Balaban J connectivity index is 2.46. The van der Waals surface area contributed by atoms with Crippen molar-refractivity contribution in [2.45, 2.75) is 25.2 Å². The molecule has 0 spiro atoms. The maximum absolute atomic E-state index is 11.7. The number of benzene rings is 1. The lowest BCUT2D eigenvalue weighted by molar-refractivity contribution is -0.140. The normalized spacial score (nSPS) is 11.2. The summed E-state index contributed by atoms with van der Waals surface area (Å²) in [5.74, 6) is 2.40. The third-order valence-corrected chi connectivity index (χ3v) is 2.96. The number of aryl methyl sites for hydroxylation is 1. The van der Waals surface area contributed by atoms with Crippen LogP contribution in [0.5, 0.6) is 0 Å². The van der Waals surface area contributed by atoms with Crippen LogP contribution >= 0.6 is 0 Å². The minimum Gasteiger partial charge on any atom is -0.465 e. The third-order valence-electron chi connectivity index (χ3n) is 1.93. The summed E-state index contributed by atoms with van der Waals surface area (Å²) < 4.78 is 16.4. The number of rotatable bonds is 3. The van der Waals surface area contributed by atoms with Gasteiger partial charge in [0.15, 0.2) is 0 Å². The van der Waals surface area contributed by atoms with Crippen LogP contribution < -0.4 is 0 Å². The molecular weight excluding hydrogens is 236 g/mol. The van der Waals surface area contributed by atoms with Gasteiger partial charge >= 0.3 is 5.97 Å². The highest BCUT2D eigenvalue weighted by Gasteiger charge is 1.98. The molecule has 0 aromatic heterocycles. The van der Waals surface area contributed by atoms with Gasteiger partial charge in [-0.15, -0.1) is 0 Å². The fraction of sp³-hybridized carbons (Fsp3) is 0.308. The van der Waals surface area contributed by atoms with Crippen LogP contribution in [0.4, 0.5) is 0 Å². The monoisotopic (exact) mass is 250 g/mol. The Bertz CT molecular complexity index is 466. The summed E-state index contributed by atoms with van der Waals surface area (Å²) in [5, 5.41) is 2.62. The summed E-state index contributed by atoms with van der Waals surface area (Å²) in [5.41, 5.74) is 1.12. The summed E-state index contributed by atoms with van der Waals surface area (Å²) in [6.07, 6.45) is 0.400. The number of carbonyl (C=O) groups is 1. The van der Waals surface area contributed by atoms with E-state index in [1.54, 1.807) is 12.1 Å². The summed E-state index contributed by atoms with van der Waals surface area (Å²) >= 11 is 0. The molecule has 0 bridgehead atoms. The topological polar surface area (TPSA) is 43.4 Å². The molecule has 1 rings (SSSR count). The summed E-state index contributed by atoms with van der Waals surface area (Å²) in [6.45, 7) is 3.56. The lowest BCUT2D eigenvalue weighted by Crippen LogP contribution is -1.99. The fourth-order valence-electron chi connectivity index (χ4n) is 1.08. The smallest absolute Gasteiger partial charge is 0.302 e. The van der Waals surface area contributed by atoms with E-state index < -0.39 is 10.8 Å². The van der Waals surface area contributed by atoms with Crippen LogP contribution in [-0.4, -0.2) is 16.8 Å². The van der Waals surface area contributed by atoms with Crippen molar-refractivity contribution in [3.63, 3.8) is 0 Å². The van der Waals surface area contributed by atoms with Crippen LogP contribution in [0.3, 0.4) is 0 Å². The van der Waals surface area contributed by atoms with Gasteiger partial charge in [0.25, 0.3) is 0 Å². The third kappa shape index (κ3) is 5.32. The second-order valence-corrected chi connectivity index (χ2v) is 4.66. The highest BCUT2D eigenvalue weighted by Crippen LogP contribution is 2.07. The summed E-state index contributed by atoms with van der Waals surface area (Å²) in [7, 11) is -1.31. The van der Waals surface area contributed by atoms with E-state index in [1.165, 1.54) is 6.92 Å². The maximum atomic E-state index is 11.7.